The number of aliphatic hydroxyl groups excluding tert-OH is 1. The summed E-state index contributed by atoms with van der Waals surface area (Å²) in [5.41, 5.74) is 4.91. The van der Waals surface area contributed by atoms with Crippen LogP contribution in [-0.4, -0.2) is 18.3 Å². The Kier molecular flexibility index (Phi) is 4.00. The van der Waals surface area contributed by atoms with Crippen LogP contribution in [0.25, 0.3) is 0 Å². The van der Waals surface area contributed by atoms with Gasteiger partial charge in [-0.05, 0) is 19.1 Å². The molecule has 0 fully saturated rings. The lowest BCUT2D eigenvalue weighted by atomic mass is 10.0. The molecule has 96 valence electrons. The van der Waals surface area contributed by atoms with Gasteiger partial charge in [0.1, 0.15) is 5.75 Å². The van der Waals surface area contributed by atoms with Gasteiger partial charge in [-0.1, -0.05) is 6.07 Å². The van der Waals surface area contributed by atoms with E-state index < -0.39 is 23.9 Å². The molecule has 1 rings (SSSR count). The summed E-state index contributed by atoms with van der Waals surface area (Å²) in [7, 11) is 1.24. The largest absolute Gasteiger partial charge is 0.496 e. The standard InChI is InChI=1S/C11H14F3NO2/c1-6(15)10(16)8-4-3-7(11(12,13)14)5-9(8)17-2/h3-6,10,16H,15H2,1-2H3/t6-,10-/m0/s1. The van der Waals surface area contributed by atoms with E-state index >= 15 is 0 Å². The second-order valence-corrected chi connectivity index (χ2v) is 3.76. The molecular formula is C11H14F3NO2. The maximum absolute atomic E-state index is 12.5. The number of rotatable bonds is 3. The average molecular weight is 249 g/mol. The summed E-state index contributed by atoms with van der Waals surface area (Å²) in [4.78, 5) is 0. The Morgan fingerprint density at radius 2 is 1.94 bits per heavy atom. The number of hydrogen-bond donors (Lipinski definition) is 2. The molecule has 17 heavy (non-hydrogen) atoms. The van der Waals surface area contributed by atoms with E-state index in [0.717, 1.165) is 12.1 Å². The minimum absolute atomic E-state index is 0.0235. The predicted octanol–water partition coefficient (Wildman–Crippen LogP) is 2.09. The summed E-state index contributed by atoms with van der Waals surface area (Å²) >= 11 is 0. The molecule has 0 aliphatic carbocycles. The highest BCUT2D eigenvalue weighted by Crippen LogP contribution is 2.35. The van der Waals surface area contributed by atoms with Crippen LogP contribution in [0.5, 0.6) is 5.75 Å². The van der Waals surface area contributed by atoms with Crippen molar-refractivity contribution >= 4 is 0 Å². The number of nitrogens with two attached hydrogens (primary N) is 1. The van der Waals surface area contributed by atoms with Crippen molar-refractivity contribution in [3.63, 3.8) is 0 Å². The SMILES string of the molecule is COc1cc(C(F)(F)F)ccc1[C@@H](O)[C@H](C)N. The van der Waals surface area contributed by atoms with Gasteiger partial charge >= 0.3 is 6.18 Å². The summed E-state index contributed by atoms with van der Waals surface area (Å²) in [5.74, 6) is -0.0235. The van der Waals surface area contributed by atoms with Crippen molar-refractivity contribution in [1.29, 1.82) is 0 Å². The van der Waals surface area contributed by atoms with E-state index in [0.29, 0.717) is 0 Å². The lowest BCUT2D eigenvalue weighted by molar-refractivity contribution is -0.137. The second-order valence-electron chi connectivity index (χ2n) is 3.76. The third-order valence-electron chi connectivity index (χ3n) is 2.38. The minimum atomic E-state index is -4.44. The number of methoxy groups -OCH3 is 1. The monoisotopic (exact) mass is 249 g/mol. The molecule has 0 saturated carbocycles. The van der Waals surface area contributed by atoms with Crippen molar-refractivity contribution in [2.24, 2.45) is 5.73 Å². The molecule has 2 atom stereocenters. The van der Waals surface area contributed by atoms with Crippen LogP contribution in [0.15, 0.2) is 18.2 Å². The van der Waals surface area contributed by atoms with E-state index in [1.54, 1.807) is 6.92 Å². The first-order valence-electron chi connectivity index (χ1n) is 4.96. The van der Waals surface area contributed by atoms with E-state index in [1.165, 1.54) is 13.2 Å². The fraction of sp³-hybridized carbons (Fsp3) is 0.455. The highest BCUT2D eigenvalue weighted by Gasteiger charge is 2.32. The molecule has 0 spiro atoms. The Morgan fingerprint density at radius 1 is 1.35 bits per heavy atom. The number of aliphatic hydroxyl groups is 1. The molecule has 1 aromatic rings. The van der Waals surface area contributed by atoms with Crippen LogP contribution in [0, 0.1) is 0 Å². The van der Waals surface area contributed by atoms with Gasteiger partial charge in [0.05, 0.1) is 18.8 Å². The van der Waals surface area contributed by atoms with Gasteiger partial charge in [-0.25, -0.2) is 0 Å². The van der Waals surface area contributed by atoms with Crippen LogP contribution in [0.4, 0.5) is 13.2 Å². The van der Waals surface area contributed by atoms with Gasteiger partial charge in [-0.15, -0.1) is 0 Å². The molecular weight excluding hydrogens is 235 g/mol. The van der Waals surface area contributed by atoms with Gasteiger partial charge in [0, 0.05) is 11.6 Å². The zero-order chi connectivity index (χ0) is 13.2. The van der Waals surface area contributed by atoms with Crippen LogP contribution in [-0.2, 0) is 6.18 Å². The number of alkyl halides is 3. The third kappa shape index (κ3) is 3.10. The third-order valence-corrected chi connectivity index (χ3v) is 2.38. The van der Waals surface area contributed by atoms with E-state index in [2.05, 4.69) is 0 Å². The zero-order valence-electron chi connectivity index (χ0n) is 9.45. The van der Waals surface area contributed by atoms with Crippen molar-refractivity contribution in [3.05, 3.63) is 29.3 Å². The summed E-state index contributed by atoms with van der Waals surface area (Å²) in [5, 5.41) is 9.72. The summed E-state index contributed by atoms with van der Waals surface area (Å²) in [6, 6.07) is 2.32. The maximum Gasteiger partial charge on any atom is 0.416 e. The molecule has 0 heterocycles. The lowest BCUT2D eigenvalue weighted by Crippen LogP contribution is -2.25. The summed E-state index contributed by atoms with van der Waals surface area (Å²) in [6.45, 7) is 1.56. The van der Waals surface area contributed by atoms with Gasteiger partial charge in [0.25, 0.3) is 0 Å². The van der Waals surface area contributed by atoms with E-state index in [1.807, 2.05) is 0 Å². The topological polar surface area (TPSA) is 55.5 Å². The Hall–Kier alpha value is -1.27. The van der Waals surface area contributed by atoms with E-state index in [9.17, 15) is 18.3 Å². The second kappa shape index (κ2) is 4.93. The normalized spacial score (nSPS) is 15.5. The predicted molar refractivity (Wildman–Crippen MR) is 56.6 cm³/mol. The first-order valence-corrected chi connectivity index (χ1v) is 4.96. The van der Waals surface area contributed by atoms with Crippen LogP contribution < -0.4 is 10.5 Å². The first-order chi connectivity index (χ1) is 7.77. The fourth-order valence-electron chi connectivity index (χ4n) is 1.42. The van der Waals surface area contributed by atoms with Crippen molar-refractivity contribution in [2.45, 2.75) is 25.2 Å². The molecule has 0 aromatic heterocycles. The lowest BCUT2D eigenvalue weighted by Gasteiger charge is -2.19. The van der Waals surface area contributed by atoms with Crippen LogP contribution in [0.3, 0.4) is 0 Å². The van der Waals surface area contributed by atoms with Gasteiger partial charge in [-0.2, -0.15) is 13.2 Å². The van der Waals surface area contributed by atoms with Crippen molar-refractivity contribution in [3.8, 4) is 5.75 Å². The molecule has 0 bridgehead atoms. The number of benzene rings is 1. The van der Waals surface area contributed by atoms with Crippen molar-refractivity contribution in [2.75, 3.05) is 7.11 Å². The van der Waals surface area contributed by atoms with Gasteiger partial charge in [-0.3, -0.25) is 0 Å². The smallest absolute Gasteiger partial charge is 0.416 e. The van der Waals surface area contributed by atoms with Gasteiger partial charge < -0.3 is 15.6 Å². The number of hydrogen-bond acceptors (Lipinski definition) is 3. The van der Waals surface area contributed by atoms with E-state index in [4.69, 9.17) is 10.5 Å². The number of halogens is 3. The van der Waals surface area contributed by atoms with Gasteiger partial charge in [0.2, 0.25) is 0 Å². The quantitative estimate of drug-likeness (QED) is 0.862. The van der Waals surface area contributed by atoms with Crippen molar-refractivity contribution in [1.82, 2.24) is 0 Å². The van der Waals surface area contributed by atoms with Crippen LogP contribution in [0.1, 0.15) is 24.2 Å². The highest BCUT2D eigenvalue weighted by molar-refractivity contribution is 5.40. The first kappa shape index (κ1) is 13.8. The molecule has 6 heteroatoms. The molecule has 1 aromatic carbocycles. The Bertz CT molecular complexity index is 391. The molecule has 0 aliphatic heterocycles. The molecule has 0 saturated heterocycles. The molecule has 0 aliphatic rings. The molecule has 0 amide bonds. The minimum Gasteiger partial charge on any atom is -0.496 e. The molecule has 0 radical (unpaired) electrons. The zero-order valence-corrected chi connectivity index (χ0v) is 9.45. The fourth-order valence-corrected chi connectivity index (χ4v) is 1.42. The highest BCUT2D eigenvalue weighted by atomic mass is 19.4. The van der Waals surface area contributed by atoms with Crippen LogP contribution >= 0.6 is 0 Å². The summed E-state index contributed by atoms with van der Waals surface area (Å²) < 4.78 is 42.2. The number of ether oxygens (including phenoxy) is 1. The average Bonchev–Trinajstić information content (AvgIpc) is 2.25. The summed E-state index contributed by atoms with van der Waals surface area (Å²) in [6.07, 6.45) is -5.50. The van der Waals surface area contributed by atoms with Crippen molar-refractivity contribution < 1.29 is 23.0 Å². The Balaban J connectivity index is 3.19. The van der Waals surface area contributed by atoms with Crippen LogP contribution in [0.2, 0.25) is 0 Å². The van der Waals surface area contributed by atoms with Gasteiger partial charge in [0.15, 0.2) is 0 Å². The molecule has 3 N–H and O–H groups in total. The maximum atomic E-state index is 12.5. The molecule has 0 unspecified atom stereocenters. The van der Waals surface area contributed by atoms with E-state index in [-0.39, 0.29) is 11.3 Å². The Labute approximate surface area is 97.0 Å². The Morgan fingerprint density at radius 3 is 2.35 bits per heavy atom. The molecule has 3 nitrogen and oxygen atoms in total.